The average Bonchev–Trinajstić information content (AvgIpc) is 1.01. The molecule has 4 heterocycles. The van der Waals surface area contributed by atoms with E-state index in [1.165, 1.54) is 181 Å². The Morgan fingerprint density at radius 1 is 0.181 bits per heavy atom. The zero-order chi connectivity index (χ0) is 91.0. The van der Waals surface area contributed by atoms with Gasteiger partial charge in [-0.05, 0) is 278 Å². The normalized spacial score (nSPS) is 11.8. The van der Waals surface area contributed by atoms with Gasteiger partial charge in [-0.25, -0.2) is 4.98 Å². The van der Waals surface area contributed by atoms with E-state index in [1.54, 1.807) is 0 Å². The minimum Gasteiger partial charge on any atom is -0.455 e. The molecule has 4 aromatic heterocycles. The first-order valence-corrected chi connectivity index (χ1v) is 47.6. The zero-order valence-corrected chi connectivity index (χ0v) is 75.4. The van der Waals surface area contributed by atoms with E-state index in [0.29, 0.717) is 0 Å². The van der Waals surface area contributed by atoms with Gasteiger partial charge in [0.15, 0.2) is 0 Å². The molecule has 644 valence electrons. The van der Waals surface area contributed by atoms with E-state index in [4.69, 9.17) is 18.2 Å². The van der Waals surface area contributed by atoms with Crippen molar-refractivity contribution in [3.63, 3.8) is 0 Å². The molecule has 0 N–H and O–H groups in total. The molecule has 0 fully saturated rings. The first-order chi connectivity index (χ1) is 68.4. The van der Waals surface area contributed by atoms with Gasteiger partial charge in [0.05, 0.1) is 11.0 Å². The maximum absolute atomic E-state index is 6.50. The lowest BCUT2D eigenvalue weighted by Gasteiger charge is -2.19. The van der Waals surface area contributed by atoms with E-state index in [2.05, 4.69) is 491 Å². The van der Waals surface area contributed by atoms with Crippen LogP contribution in [-0.4, -0.2) is 9.55 Å². The van der Waals surface area contributed by atoms with Crippen molar-refractivity contribution in [1.82, 2.24) is 9.55 Å². The number of hydrogen-bond donors (Lipinski definition) is 0. The van der Waals surface area contributed by atoms with Crippen molar-refractivity contribution in [3.8, 4) is 94.7 Å². The van der Waals surface area contributed by atoms with Crippen LogP contribution in [-0.2, 0) is 6.42 Å². The van der Waals surface area contributed by atoms with E-state index in [0.717, 1.165) is 111 Å². The summed E-state index contributed by atoms with van der Waals surface area (Å²) in [4.78, 5) is 4.91. The Balaban J connectivity index is 0.000000105. The first kappa shape index (κ1) is 79.7. The second-order valence-corrected chi connectivity index (χ2v) is 36.3. The maximum atomic E-state index is 6.50. The van der Waals surface area contributed by atoms with Crippen molar-refractivity contribution in [2.75, 3.05) is 0 Å². The number of furan rings is 3. The van der Waals surface area contributed by atoms with Crippen LogP contribution >= 0.6 is 0 Å². The van der Waals surface area contributed by atoms with Gasteiger partial charge in [-0.1, -0.05) is 389 Å². The standard InChI is InChI=1S/C46H28O.C45H30N2O.C42H26O/c1-2-12-31(13-3-1)44-37-16-8-9-17-38(37)45(39-23-21-34(27-42(39)44)33-19-18-29-10-4-5-14-32(29)26-33)35-22-25-43-41(28-35)40-24-20-30-11-6-7-15-36(30)46(40)47-43;1-2-42-46-39-17-9-10-18-40(39)47(42)31-23-19-29(20-24-31)43-33-13-5-7-15-35(33)44(36-16-8-6-14-34(36)43)30-22-26-41-38(27-30)37-25-21-28-11-3-4-12-32(28)45(37)48-41;1-3-11-27(12-4-1)30-20-22-35-38(25-30)41(34-18-10-9-17-33(34)40(35)29-14-5-2-6-15-29)31-21-24-39-37(26-31)36-23-19-28-13-7-8-16-32(28)42(36)43-39/h1-28H;3-27H,2H2,1H3;1-26H. The summed E-state index contributed by atoms with van der Waals surface area (Å²) >= 11 is 0. The van der Waals surface area contributed by atoms with Crippen molar-refractivity contribution in [2.45, 2.75) is 13.3 Å². The van der Waals surface area contributed by atoms with Crippen LogP contribution in [0.25, 0.3) is 279 Å². The fourth-order valence-corrected chi connectivity index (χ4v) is 22.3. The predicted molar refractivity (Wildman–Crippen MR) is 584 cm³/mol. The van der Waals surface area contributed by atoms with E-state index >= 15 is 0 Å². The fourth-order valence-electron chi connectivity index (χ4n) is 22.3. The topological polar surface area (TPSA) is 57.2 Å². The van der Waals surface area contributed by atoms with Crippen molar-refractivity contribution in [1.29, 1.82) is 0 Å². The zero-order valence-electron chi connectivity index (χ0n) is 75.4. The van der Waals surface area contributed by atoms with Crippen molar-refractivity contribution in [2.24, 2.45) is 0 Å². The third kappa shape index (κ3) is 13.2. The average molecular weight is 1760 g/mol. The van der Waals surface area contributed by atoms with Gasteiger partial charge < -0.3 is 13.3 Å². The Morgan fingerprint density at radius 3 is 0.862 bits per heavy atom. The summed E-state index contributed by atoms with van der Waals surface area (Å²) in [5.74, 6) is 1.07. The molecule has 0 radical (unpaired) electrons. The van der Waals surface area contributed by atoms with Gasteiger partial charge in [0.1, 0.15) is 39.3 Å². The third-order valence-corrected chi connectivity index (χ3v) is 28.6. The summed E-state index contributed by atoms with van der Waals surface area (Å²) in [5.41, 5.74) is 28.5. The Bertz CT molecular complexity index is 9960. The van der Waals surface area contributed by atoms with E-state index in [-0.39, 0.29) is 0 Å². The molecule has 0 saturated carbocycles. The largest absolute Gasteiger partial charge is 0.455 e. The Hall–Kier alpha value is -18.0. The van der Waals surface area contributed by atoms with Crippen LogP contribution in [0.2, 0.25) is 0 Å². The number of imidazole rings is 1. The lowest BCUT2D eigenvalue weighted by Crippen LogP contribution is -2.00. The lowest BCUT2D eigenvalue weighted by molar-refractivity contribution is 0.672. The van der Waals surface area contributed by atoms with Crippen LogP contribution in [0.4, 0.5) is 0 Å². The SMILES string of the molecule is CCc1nc2ccccc2n1-c1ccc(-c2c3ccccc3c(-c3ccc4oc5c6ccccc6ccc5c4c3)c3ccccc23)cc1.c1ccc(-c2c3ccccc3c(-c3ccc4oc5c6ccccc6ccc5c4c3)c3ccc(-c4ccc5ccccc5c4)cc23)cc1.c1ccc(-c2ccc3c(-c4ccccc4)c4ccccc4c(-c4ccc5oc6c7ccccc7ccc6c5c4)c3c2)cc1. The molecule has 29 rings (SSSR count). The van der Waals surface area contributed by atoms with Gasteiger partial charge >= 0.3 is 0 Å². The Labute approximate surface area is 794 Å². The number of aryl methyl sites for hydroxylation is 1. The summed E-state index contributed by atoms with van der Waals surface area (Å²) in [6.07, 6.45) is 0.865. The number of rotatable bonds is 10. The number of para-hydroxylation sites is 2. The Morgan fingerprint density at radius 2 is 0.449 bits per heavy atom. The summed E-state index contributed by atoms with van der Waals surface area (Å²) in [6, 6.07) is 173. The van der Waals surface area contributed by atoms with Gasteiger partial charge in [-0.15, -0.1) is 0 Å². The molecule has 5 nitrogen and oxygen atoms in total. The number of aromatic nitrogens is 2. The molecule has 25 aromatic carbocycles. The first-order valence-electron chi connectivity index (χ1n) is 47.6. The minimum absolute atomic E-state index is 0.865. The number of nitrogens with zero attached hydrogens (tertiary/aromatic N) is 2. The second-order valence-electron chi connectivity index (χ2n) is 36.3. The van der Waals surface area contributed by atoms with Crippen LogP contribution in [0.5, 0.6) is 0 Å². The predicted octanol–water partition coefficient (Wildman–Crippen LogP) is 37.5. The van der Waals surface area contributed by atoms with Crippen LogP contribution in [0.15, 0.2) is 492 Å². The van der Waals surface area contributed by atoms with Crippen molar-refractivity contribution < 1.29 is 13.3 Å². The van der Waals surface area contributed by atoms with Gasteiger partial charge in [0.2, 0.25) is 0 Å². The quantitative estimate of drug-likeness (QED) is 0.128. The van der Waals surface area contributed by atoms with Crippen LogP contribution in [0.3, 0.4) is 0 Å². The van der Waals surface area contributed by atoms with E-state index in [9.17, 15) is 0 Å². The molecule has 0 aliphatic rings. The third-order valence-electron chi connectivity index (χ3n) is 28.6. The van der Waals surface area contributed by atoms with Gasteiger partial charge in [0.25, 0.3) is 0 Å². The van der Waals surface area contributed by atoms with E-state index < -0.39 is 0 Å². The number of benzene rings is 25. The van der Waals surface area contributed by atoms with Crippen LogP contribution in [0, 0.1) is 0 Å². The highest BCUT2D eigenvalue weighted by atomic mass is 16.3. The van der Waals surface area contributed by atoms with Crippen molar-refractivity contribution in [3.05, 3.63) is 485 Å². The molecule has 0 bridgehead atoms. The molecule has 0 amide bonds. The molecule has 138 heavy (non-hydrogen) atoms. The molecule has 0 saturated heterocycles. The summed E-state index contributed by atoms with van der Waals surface area (Å²) in [5, 5.41) is 31.3. The number of hydrogen-bond acceptors (Lipinski definition) is 4. The molecular weight excluding hydrogens is 1670 g/mol. The minimum atomic E-state index is 0.865. The summed E-state index contributed by atoms with van der Waals surface area (Å²) in [7, 11) is 0. The highest BCUT2D eigenvalue weighted by Gasteiger charge is 2.26. The van der Waals surface area contributed by atoms with Crippen LogP contribution in [0.1, 0.15) is 12.7 Å². The summed E-state index contributed by atoms with van der Waals surface area (Å²) in [6.45, 7) is 2.17. The lowest BCUT2D eigenvalue weighted by atomic mass is 9.84. The van der Waals surface area contributed by atoms with Gasteiger partial charge in [-0.3, -0.25) is 4.57 Å². The molecule has 0 unspecified atom stereocenters. The molecule has 0 spiro atoms. The molecule has 0 atom stereocenters. The van der Waals surface area contributed by atoms with Crippen molar-refractivity contribution >= 4 is 185 Å². The molecular formula is C133H84N2O3. The Kier molecular flexibility index (Phi) is 18.9. The van der Waals surface area contributed by atoms with Gasteiger partial charge in [-0.2, -0.15) is 0 Å². The molecule has 0 aliphatic heterocycles. The molecule has 29 aromatic rings. The summed E-state index contributed by atoms with van der Waals surface area (Å²) < 4.78 is 21.8. The highest BCUT2D eigenvalue weighted by Crippen LogP contribution is 2.52. The monoisotopic (exact) mass is 1760 g/mol. The highest BCUT2D eigenvalue weighted by molar-refractivity contribution is 6.28. The van der Waals surface area contributed by atoms with E-state index in [1.807, 2.05) is 0 Å². The smallest absolute Gasteiger partial charge is 0.143 e. The molecule has 0 aliphatic carbocycles. The maximum Gasteiger partial charge on any atom is 0.143 e. The second kappa shape index (κ2) is 32.7. The molecule has 5 heteroatoms. The fraction of sp³-hybridized carbons (Fsp3) is 0.0150. The number of fused-ring (bicyclic) bond motifs is 23. The van der Waals surface area contributed by atoms with Crippen LogP contribution < -0.4 is 0 Å². The van der Waals surface area contributed by atoms with Gasteiger partial charge in [0, 0.05) is 60.6 Å².